The van der Waals surface area contributed by atoms with Crippen molar-refractivity contribution < 1.29 is 4.21 Å². The molecule has 3 heterocycles. The van der Waals surface area contributed by atoms with Gasteiger partial charge >= 0.3 is 0 Å². The van der Waals surface area contributed by atoms with Gasteiger partial charge in [-0.3, -0.25) is 4.21 Å². The average molecular weight is 264 g/mol. The standard InChI is InChI=1S/C12H16N4OS/c1-3-8-4-13-11-10(8)12(15-7-14-11)16-5-9(6-16)18(2)17/h4,7,9H,3,5-6H2,1-2H3,(H,13,14,15). The number of H-pyrrole nitrogens is 1. The number of hydrogen-bond acceptors (Lipinski definition) is 4. The van der Waals surface area contributed by atoms with Crippen molar-refractivity contribution in [3.05, 3.63) is 18.1 Å². The molecule has 2 aromatic rings. The molecule has 0 bridgehead atoms. The fraction of sp³-hybridized carbons (Fsp3) is 0.500. The van der Waals surface area contributed by atoms with Gasteiger partial charge in [-0.2, -0.15) is 0 Å². The Morgan fingerprint density at radius 2 is 2.28 bits per heavy atom. The van der Waals surface area contributed by atoms with Crippen LogP contribution in [0.2, 0.25) is 0 Å². The second-order valence-electron chi connectivity index (χ2n) is 4.61. The van der Waals surface area contributed by atoms with Gasteiger partial charge in [-0.25, -0.2) is 9.97 Å². The summed E-state index contributed by atoms with van der Waals surface area (Å²) >= 11 is 0. The molecule has 5 nitrogen and oxygen atoms in total. The Balaban J connectivity index is 1.97. The van der Waals surface area contributed by atoms with Crippen molar-refractivity contribution in [3.8, 4) is 0 Å². The van der Waals surface area contributed by atoms with Crippen LogP contribution in [-0.4, -0.2) is 43.8 Å². The average Bonchev–Trinajstić information content (AvgIpc) is 2.70. The van der Waals surface area contributed by atoms with Gasteiger partial charge < -0.3 is 9.88 Å². The predicted octanol–water partition coefficient (Wildman–Crippen LogP) is 1.09. The van der Waals surface area contributed by atoms with Crippen molar-refractivity contribution in [3.63, 3.8) is 0 Å². The molecule has 2 aromatic heterocycles. The van der Waals surface area contributed by atoms with Crippen molar-refractivity contribution in [1.82, 2.24) is 15.0 Å². The molecular weight excluding hydrogens is 248 g/mol. The summed E-state index contributed by atoms with van der Waals surface area (Å²) in [6.07, 6.45) is 6.31. The van der Waals surface area contributed by atoms with Gasteiger partial charge in [0.25, 0.3) is 0 Å². The highest BCUT2D eigenvalue weighted by Gasteiger charge is 2.32. The van der Waals surface area contributed by atoms with Crippen LogP contribution in [0.25, 0.3) is 11.0 Å². The van der Waals surface area contributed by atoms with Crippen LogP contribution in [0.4, 0.5) is 5.82 Å². The highest BCUT2D eigenvalue weighted by molar-refractivity contribution is 7.85. The van der Waals surface area contributed by atoms with Crippen LogP contribution in [0.1, 0.15) is 12.5 Å². The number of nitrogens with one attached hydrogen (secondary N) is 1. The lowest BCUT2D eigenvalue weighted by Crippen LogP contribution is -2.53. The van der Waals surface area contributed by atoms with Crippen molar-refractivity contribution in [2.75, 3.05) is 24.2 Å². The third kappa shape index (κ3) is 1.71. The maximum atomic E-state index is 11.4. The van der Waals surface area contributed by atoms with Gasteiger partial charge in [0.05, 0.1) is 10.6 Å². The van der Waals surface area contributed by atoms with E-state index in [0.29, 0.717) is 0 Å². The van der Waals surface area contributed by atoms with E-state index in [1.807, 2.05) is 6.20 Å². The molecule has 1 unspecified atom stereocenters. The Morgan fingerprint density at radius 3 is 2.94 bits per heavy atom. The van der Waals surface area contributed by atoms with Gasteiger partial charge in [-0.05, 0) is 12.0 Å². The van der Waals surface area contributed by atoms with E-state index in [0.717, 1.165) is 36.4 Å². The number of aryl methyl sites for hydroxylation is 1. The van der Waals surface area contributed by atoms with E-state index in [1.165, 1.54) is 5.56 Å². The lowest BCUT2D eigenvalue weighted by molar-refractivity contribution is 0.598. The maximum Gasteiger partial charge on any atom is 0.143 e. The third-order valence-corrected chi connectivity index (χ3v) is 4.77. The number of anilines is 1. The molecule has 6 heteroatoms. The molecule has 0 aromatic carbocycles. The first-order valence-electron chi connectivity index (χ1n) is 6.08. The van der Waals surface area contributed by atoms with E-state index in [9.17, 15) is 4.21 Å². The van der Waals surface area contributed by atoms with Gasteiger partial charge in [0.15, 0.2) is 0 Å². The third-order valence-electron chi connectivity index (χ3n) is 3.53. The van der Waals surface area contributed by atoms with Gasteiger partial charge in [-0.15, -0.1) is 0 Å². The van der Waals surface area contributed by atoms with Gasteiger partial charge in [0.2, 0.25) is 0 Å². The summed E-state index contributed by atoms with van der Waals surface area (Å²) in [5, 5.41) is 1.39. The molecule has 1 aliphatic rings. The normalized spacial score (nSPS) is 18.0. The summed E-state index contributed by atoms with van der Waals surface area (Å²) in [7, 11) is -0.742. The van der Waals surface area contributed by atoms with E-state index < -0.39 is 10.8 Å². The molecule has 0 amide bonds. The highest BCUT2D eigenvalue weighted by Crippen LogP contribution is 2.30. The second kappa shape index (κ2) is 4.35. The molecule has 0 spiro atoms. The Bertz CT molecular complexity index is 603. The SMILES string of the molecule is CCc1c[nH]c2ncnc(N3CC(S(C)=O)C3)c12. The maximum absolute atomic E-state index is 11.4. The quantitative estimate of drug-likeness (QED) is 0.901. The zero-order valence-electron chi connectivity index (χ0n) is 10.5. The summed E-state index contributed by atoms with van der Waals surface area (Å²) in [5.74, 6) is 0.972. The number of aromatic amines is 1. The summed E-state index contributed by atoms with van der Waals surface area (Å²) in [4.78, 5) is 14.0. The largest absolute Gasteiger partial charge is 0.353 e. The van der Waals surface area contributed by atoms with Crippen molar-refractivity contribution in [1.29, 1.82) is 0 Å². The first-order valence-corrected chi connectivity index (χ1v) is 7.71. The molecule has 0 saturated carbocycles. The first-order chi connectivity index (χ1) is 8.70. The molecule has 1 N–H and O–H groups in total. The van der Waals surface area contributed by atoms with Crippen LogP contribution >= 0.6 is 0 Å². The molecule has 0 radical (unpaired) electrons. The lowest BCUT2D eigenvalue weighted by atomic mass is 10.1. The number of nitrogens with zero attached hydrogens (tertiary/aromatic N) is 3. The summed E-state index contributed by atoms with van der Waals surface area (Å²) < 4.78 is 11.4. The van der Waals surface area contributed by atoms with Crippen molar-refractivity contribution in [2.24, 2.45) is 0 Å². The summed E-state index contributed by atoms with van der Waals surface area (Å²) in [6.45, 7) is 3.77. The van der Waals surface area contributed by atoms with Crippen LogP contribution in [0.15, 0.2) is 12.5 Å². The van der Waals surface area contributed by atoms with Gasteiger partial charge in [0.1, 0.15) is 17.8 Å². The molecule has 1 fully saturated rings. The molecular formula is C12H16N4OS. The minimum atomic E-state index is -0.742. The van der Waals surface area contributed by atoms with E-state index in [2.05, 4.69) is 26.8 Å². The Kier molecular flexibility index (Phi) is 2.81. The van der Waals surface area contributed by atoms with Gasteiger partial charge in [-0.1, -0.05) is 6.92 Å². The van der Waals surface area contributed by atoms with Crippen LogP contribution < -0.4 is 4.90 Å². The zero-order chi connectivity index (χ0) is 12.7. The smallest absolute Gasteiger partial charge is 0.143 e. The topological polar surface area (TPSA) is 61.9 Å². The minimum Gasteiger partial charge on any atom is -0.353 e. The zero-order valence-corrected chi connectivity index (χ0v) is 11.3. The lowest BCUT2D eigenvalue weighted by Gasteiger charge is -2.39. The number of aromatic nitrogens is 3. The Hall–Kier alpha value is -1.43. The Labute approximate surface area is 108 Å². The molecule has 1 aliphatic heterocycles. The fourth-order valence-electron chi connectivity index (χ4n) is 2.35. The van der Waals surface area contributed by atoms with E-state index >= 15 is 0 Å². The van der Waals surface area contributed by atoms with Crippen molar-refractivity contribution >= 4 is 27.7 Å². The second-order valence-corrected chi connectivity index (χ2v) is 6.28. The fourth-order valence-corrected chi connectivity index (χ4v) is 3.13. The predicted molar refractivity (Wildman–Crippen MR) is 73.3 cm³/mol. The first kappa shape index (κ1) is 11.6. The van der Waals surface area contributed by atoms with Crippen LogP contribution in [0.5, 0.6) is 0 Å². The van der Waals surface area contributed by atoms with E-state index in [1.54, 1.807) is 12.6 Å². The molecule has 96 valence electrons. The van der Waals surface area contributed by atoms with Gasteiger partial charge in [0, 0.05) is 36.3 Å². The molecule has 1 saturated heterocycles. The molecule has 1 atom stereocenters. The number of rotatable bonds is 3. The Morgan fingerprint density at radius 1 is 1.50 bits per heavy atom. The van der Waals surface area contributed by atoms with E-state index in [-0.39, 0.29) is 5.25 Å². The molecule has 18 heavy (non-hydrogen) atoms. The highest BCUT2D eigenvalue weighted by atomic mass is 32.2. The molecule has 0 aliphatic carbocycles. The monoisotopic (exact) mass is 264 g/mol. The minimum absolute atomic E-state index is 0.277. The number of fused-ring (bicyclic) bond motifs is 1. The summed E-state index contributed by atoms with van der Waals surface area (Å²) in [5.41, 5.74) is 2.12. The molecule has 3 rings (SSSR count). The summed E-state index contributed by atoms with van der Waals surface area (Å²) in [6, 6.07) is 0. The number of hydrogen-bond donors (Lipinski definition) is 1. The van der Waals surface area contributed by atoms with Crippen LogP contribution in [0, 0.1) is 0 Å². The van der Waals surface area contributed by atoms with E-state index in [4.69, 9.17) is 0 Å². The van der Waals surface area contributed by atoms with Crippen molar-refractivity contribution in [2.45, 2.75) is 18.6 Å². The van der Waals surface area contributed by atoms with Crippen LogP contribution in [0.3, 0.4) is 0 Å². The van der Waals surface area contributed by atoms with Crippen LogP contribution in [-0.2, 0) is 17.2 Å².